The molecule has 0 aliphatic heterocycles. The van der Waals surface area contributed by atoms with Crippen LogP contribution in [0.4, 0.5) is 0 Å². The van der Waals surface area contributed by atoms with E-state index in [-0.39, 0.29) is 0 Å². The van der Waals surface area contributed by atoms with Gasteiger partial charge in [0.15, 0.2) is 0 Å². The Morgan fingerprint density at radius 2 is 1.00 bits per heavy atom. The van der Waals surface area contributed by atoms with Crippen LogP contribution in [0, 0.1) is 0 Å². The average Bonchev–Trinajstić information content (AvgIpc) is 3.37. The Labute approximate surface area is 191 Å². The second-order valence-corrected chi connectivity index (χ2v) is 28.5. The molecule has 0 N–H and O–H groups in total. The fourth-order valence-electron chi connectivity index (χ4n) is 5.63. The number of fused-ring (bicyclic) bond motifs is 6. The van der Waals surface area contributed by atoms with Gasteiger partial charge < -0.3 is 0 Å². The van der Waals surface area contributed by atoms with Gasteiger partial charge in [0.05, 0.1) is 0 Å². The Hall–Kier alpha value is -1.79. The van der Waals surface area contributed by atoms with E-state index in [0.717, 1.165) is 12.8 Å². The van der Waals surface area contributed by atoms with Crippen molar-refractivity contribution in [1.82, 2.24) is 0 Å². The molecule has 0 atom stereocenters. The molecule has 0 bridgehead atoms. The summed E-state index contributed by atoms with van der Waals surface area (Å²) in [6, 6.07) is 30.4. The number of rotatable bonds is 2. The van der Waals surface area contributed by atoms with E-state index in [9.17, 15) is 0 Å². The van der Waals surface area contributed by atoms with Crippen LogP contribution in [0.1, 0.15) is 29.2 Å². The quantitative estimate of drug-likeness (QED) is 0.241. The van der Waals surface area contributed by atoms with Crippen LogP contribution in [0.15, 0.2) is 84.9 Å². The average molecular weight is 521 g/mol. The molecule has 2 aliphatic rings. The maximum atomic E-state index is 7.80. The zero-order valence-corrected chi connectivity index (χ0v) is 21.3. The van der Waals surface area contributed by atoms with Crippen LogP contribution in [0.2, 0.25) is 0 Å². The third-order valence-electron chi connectivity index (χ3n) is 7.20. The predicted molar refractivity (Wildman–Crippen MR) is 132 cm³/mol. The van der Waals surface area contributed by atoms with E-state index in [1.165, 1.54) is 51.1 Å². The van der Waals surface area contributed by atoms with Crippen molar-refractivity contribution in [3.05, 3.63) is 107 Å². The van der Waals surface area contributed by atoms with Gasteiger partial charge >= 0.3 is 192 Å². The standard InChI is InChI=1S/2C13H9.C2H4.2ClH.Zr/c2*1-3-7-12-10(5-1)9-11-6-2-4-8-13(11)12;1-2;;;/h2*1-5,7-8H,9H2;1H,2H3;2*1H;/q;;;;;+2/p-2. The molecular formula is C28H22Cl2Zr. The first-order valence-corrected chi connectivity index (χ1v) is 21.0. The van der Waals surface area contributed by atoms with Gasteiger partial charge in [-0.15, -0.1) is 0 Å². The summed E-state index contributed by atoms with van der Waals surface area (Å²) in [7, 11) is 15.6. The second-order valence-electron chi connectivity index (χ2n) is 8.70. The molecule has 2 aliphatic carbocycles. The predicted octanol–water partition coefficient (Wildman–Crippen LogP) is 6.60. The summed E-state index contributed by atoms with van der Waals surface area (Å²) in [6.07, 6.45) is 1.79. The minimum atomic E-state index is -4.70. The molecule has 0 saturated carbocycles. The third-order valence-corrected chi connectivity index (χ3v) is 24.2. The van der Waals surface area contributed by atoms with E-state index in [1.54, 1.807) is 0 Å². The van der Waals surface area contributed by atoms with Crippen LogP contribution in [0.3, 0.4) is 0 Å². The first-order valence-electron chi connectivity index (χ1n) is 10.8. The molecule has 0 radical (unpaired) electrons. The molecule has 4 aromatic carbocycles. The Kier molecular flexibility index (Phi) is 4.39. The summed E-state index contributed by atoms with van der Waals surface area (Å²) in [5.74, 6) is 0. The van der Waals surface area contributed by atoms with Crippen LogP contribution in [0.25, 0.3) is 22.3 Å². The van der Waals surface area contributed by atoms with E-state index < -0.39 is 15.9 Å². The van der Waals surface area contributed by atoms with Gasteiger partial charge in [-0.3, -0.25) is 0 Å². The van der Waals surface area contributed by atoms with E-state index in [2.05, 4.69) is 95.6 Å². The van der Waals surface area contributed by atoms with Crippen LogP contribution < -0.4 is 6.54 Å². The molecule has 0 amide bonds. The summed E-state index contributed by atoms with van der Waals surface area (Å²) in [6.45, 7) is 2.06. The SMILES string of the molecule is C[CH]=[Zr]([Cl])([Cl])([c]1cccc2c1Cc1ccccc1-2)[c]1cccc2c1Cc1ccccc1-2. The molecule has 0 heterocycles. The third kappa shape index (κ3) is 2.73. The molecular weight excluding hydrogens is 498 g/mol. The minimum absolute atomic E-state index is 0.897. The van der Waals surface area contributed by atoms with Gasteiger partial charge in [-0.1, -0.05) is 0 Å². The number of hydrogen-bond acceptors (Lipinski definition) is 0. The Morgan fingerprint density at radius 3 is 1.45 bits per heavy atom. The first-order chi connectivity index (χ1) is 15.0. The van der Waals surface area contributed by atoms with Crippen molar-refractivity contribution in [1.29, 1.82) is 0 Å². The summed E-state index contributed by atoms with van der Waals surface area (Å²) in [4.78, 5) is 0. The molecule has 4 aromatic rings. The normalized spacial score (nSPS) is 13.9. The van der Waals surface area contributed by atoms with Crippen molar-refractivity contribution >= 4 is 27.3 Å². The van der Waals surface area contributed by atoms with Gasteiger partial charge in [0, 0.05) is 0 Å². The van der Waals surface area contributed by atoms with Crippen molar-refractivity contribution in [2.24, 2.45) is 0 Å². The van der Waals surface area contributed by atoms with Crippen molar-refractivity contribution in [2.45, 2.75) is 19.8 Å². The summed E-state index contributed by atoms with van der Waals surface area (Å²) in [5.41, 5.74) is 10.5. The molecule has 0 spiro atoms. The molecule has 0 nitrogen and oxygen atoms in total. The summed E-state index contributed by atoms with van der Waals surface area (Å²) < 4.78 is 4.51. The molecule has 0 aromatic heterocycles. The topological polar surface area (TPSA) is 0 Å². The van der Waals surface area contributed by atoms with Crippen molar-refractivity contribution in [3.8, 4) is 22.3 Å². The van der Waals surface area contributed by atoms with E-state index in [0.29, 0.717) is 0 Å². The molecule has 152 valence electrons. The van der Waals surface area contributed by atoms with Crippen LogP contribution in [-0.4, -0.2) is 3.71 Å². The van der Waals surface area contributed by atoms with E-state index >= 15 is 0 Å². The fraction of sp³-hybridized carbons (Fsp3) is 0.107. The molecule has 6 rings (SSSR count). The summed E-state index contributed by atoms with van der Waals surface area (Å²) >= 11 is -4.70. The van der Waals surface area contributed by atoms with Crippen LogP contribution >= 0.6 is 17.0 Å². The molecule has 0 saturated heterocycles. The number of benzene rings is 4. The number of hydrogen-bond donors (Lipinski definition) is 0. The van der Waals surface area contributed by atoms with E-state index in [1.807, 2.05) is 0 Å². The Morgan fingerprint density at radius 1 is 0.581 bits per heavy atom. The van der Waals surface area contributed by atoms with Gasteiger partial charge in [0.2, 0.25) is 0 Å². The molecule has 31 heavy (non-hydrogen) atoms. The zero-order valence-electron chi connectivity index (χ0n) is 17.3. The first kappa shape index (κ1) is 19.9. The summed E-state index contributed by atoms with van der Waals surface area (Å²) in [5, 5.41) is 0. The van der Waals surface area contributed by atoms with Gasteiger partial charge in [0.25, 0.3) is 0 Å². The van der Waals surface area contributed by atoms with Crippen molar-refractivity contribution < 1.29 is 15.9 Å². The van der Waals surface area contributed by atoms with Gasteiger partial charge in [0.1, 0.15) is 0 Å². The molecule has 0 fully saturated rings. The fourth-order valence-corrected chi connectivity index (χ4v) is 17.9. The maximum absolute atomic E-state index is 7.80. The monoisotopic (exact) mass is 518 g/mol. The van der Waals surface area contributed by atoms with Gasteiger partial charge in [-0.2, -0.15) is 0 Å². The van der Waals surface area contributed by atoms with Crippen molar-refractivity contribution in [2.75, 3.05) is 0 Å². The van der Waals surface area contributed by atoms with Crippen molar-refractivity contribution in [3.63, 3.8) is 0 Å². The molecule has 0 unspecified atom stereocenters. The second kappa shape index (κ2) is 6.85. The Bertz CT molecular complexity index is 1350. The van der Waals surface area contributed by atoms with E-state index in [4.69, 9.17) is 17.0 Å². The number of halogens is 2. The van der Waals surface area contributed by atoms with Gasteiger partial charge in [-0.05, 0) is 0 Å². The zero-order chi connectivity index (χ0) is 21.2. The van der Waals surface area contributed by atoms with Gasteiger partial charge in [-0.25, -0.2) is 0 Å². The van der Waals surface area contributed by atoms with Crippen LogP contribution in [0.5, 0.6) is 0 Å². The van der Waals surface area contributed by atoms with Crippen LogP contribution in [-0.2, 0) is 28.8 Å². The molecule has 3 heteroatoms. The Balaban J connectivity index is 1.63.